The van der Waals surface area contributed by atoms with Crippen molar-refractivity contribution in [2.75, 3.05) is 23.3 Å². The Bertz CT molecular complexity index is 1300. The highest BCUT2D eigenvalue weighted by Gasteiger charge is 2.24. The van der Waals surface area contributed by atoms with E-state index in [9.17, 15) is 4.79 Å². The van der Waals surface area contributed by atoms with Crippen LogP contribution >= 0.6 is 48.0 Å². The second kappa shape index (κ2) is 11.3. The summed E-state index contributed by atoms with van der Waals surface area (Å²) in [7, 11) is 0. The Morgan fingerprint density at radius 1 is 1.06 bits per heavy atom. The van der Waals surface area contributed by atoms with E-state index in [1.165, 1.54) is 5.69 Å². The lowest BCUT2D eigenvalue weighted by atomic mass is 10.0. The molecule has 0 bridgehead atoms. The van der Waals surface area contributed by atoms with Crippen molar-refractivity contribution >= 4 is 70.7 Å². The summed E-state index contributed by atoms with van der Waals surface area (Å²) in [6, 6.07) is 9.58. The first-order valence-electron chi connectivity index (χ1n) is 10.4. The fourth-order valence-corrected chi connectivity index (χ4v) is 4.41. The maximum absolute atomic E-state index is 12.9. The fraction of sp³-hybridized carbons (Fsp3) is 0.273. The molecule has 1 aliphatic heterocycles. The molecule has 4 heterocycles. The van der Waals surface area contributed by atoms with Gasteiger partial charge in [-0.1, -0.05) is 29.3 Å². The van der Waals surface area contributed by atoms with Gasteiger partial charge in [0.2, 0.25) is 5.95 Å². The molecule has 8 nitrogen and oxygen atoms in total. The van der Waals surface area contributed by atoms with Gasteiger partial charge in [0, 0.05) is 37.7 Å². The van der Waals surface area contributed by atoms with E-state index < -0.39 is 0 Å². The molecule has 0 atom stereocenters. The van der Waals surface area contributed by atoms with Gasteiger partial charge >= 0.3 is 0 Å². The summed E-state index contributed by atoms with van der Waals surface area (Å²) >= 11 is 12.0. The normalized spacial score (nSPS) is 13.9. The van der Waals surface area contributed by atoms with E-state index in [1.807, 2.05) is 22.9 Å². The smallest absolute Gasteiger partial charge is 0.278 e. The molecule has 0 amide bonds. The second-order valence-corrected chi connectivity index (χ2v) is 8.58. The van der Waals surface area contributed by atoms with Crippen LogP contribution in [-0.2, 0) is 6.54 Å². The first-order valence-corrected chi connectivity index (χ1v) is 11.1. The Balaban J connectivity index is 0.00000162. The van der Waals surface area contributed by atoms with Crippen molar-refractivity contribution < 1.29 is 0 Å². The van der Waals surface area contributed by atoms with Crippen molar-refractivity contribution in [1.82, 2.24) is 24.7 Å². The summed E-state index contributed by atoms with van der Waals surface area (Å²) in [6.45, 7) is 2.24. The molecule has 4 aromatic rings. The Kier molecular flexibility index (Phi) is 8.65. The van der Waals surface area contributed by atoms with Gasteiger partial charge in [0.25, 0.3) is 5.56 Å². The number of aromatic nitrogens is 5. The Labute approximate surface area is 218 Å². The molecule has 1 saturated heterocycles. The molecule has 0 aliphatic carbocycles. The molecule has 1 fully saturated rings. The van der Waals surface area contributed by atoms with Crippen LogP contribution in [0.4, 0.5) is 11.6 Å². The molecule has 180 valence electrons. The number of nitrogens with zero attached hydrogens (tertiary/aromatic N) is 5. The van der Waals surface area contributed by atoms with Gasteiger partial charge in [-0.25, -0.2) is 4.98 Å². The highest BCUT2D eigenvalue weighted by Crippen LogP contribution is 2.27. The zero-order valence-electron chi connectivity index (χ0n) is 17.9. The van der Waals surface area contributed by atoms with Crippen LogP contribution < -0.4 is 15.8 Å². The van der Waals surface area contributed by atoms with Gasteiger partial charge in [0.1, 0.15) is 5.52 Å². The summed E-state index contributed by atoms with van der Waals surface area (Å²) in [6.07, 6.45) is 7.07. The second-order valence-electron chi connectivity index (χ2n) is 7.76. The van der Waals surface area contributed by atoms with Crippen molar-refractivity contribution in [2.24, 2.45) is 0 Å². The van der Waals surface area contributed by atoms with Gasteiger partial charge in [-0.05, 0) is 42.7 Å². The highest BCUT2D eigenvalue weighted by atomic mass is 35.5. The van der Waals surface area contributed by atoms with E-state index in [0.717, 1.165) is 31.5 Å². The maximum Gasteiger partial charge on any atom is 0.278 e. The lowest BCUT2D eigenvalue weighted by Gasteiger charge is -2.33. The van der Waals surface area contributed by atoms with Crippen LogP contribution in [0.25, 0.3) is 11.0 Å². The Hall–Kier alpha value is -2.52. The summed E-state index contributed by atoms with van der Waals surface area (Å²) in [5, 5.41) is 8.63. The molecule has 12 heteroatoms. The monoisotopic (exact) mass is 541 g/mol. The predicted molar refractivity (Wildman–Crippen MR) is 141 cm³/mol. The molecule has 5 rings (SSSR count). The molecule has 2 N–H and O–H groups in total. The number of fused-ring (bicyclic) bond motifs is 1. The first-order chi connectivity index (χ1) is 15.6. The van der Waals surface area contributed by atoms with Crippen molar-refractivity contribution in [1.29, 1.82) is 0 Å². The fourth-order valence-electron chi connectivity index (χ4n) is 4.09. The van der Waals surface area contributed by atoms with Crippen LogP contribution in [0.2, 0.25) is 10.0 Å². The number of rotatable bonds is 5. The van der Waals surface area contributed by atoms with E-state index in [4.69, 9.17) is 23.2 Å². The third-order valence-corrected chi connectivity index (χ3v) is 6.48. The molecule has 34 heavy (non-hydrogen) atoms. The van der Waals surface area contributed by atoms with Gasteiger partial charge in [-0.3, -0.25) is 19.4 Å². The van der Waals surface area contributed by atoms with Crippen LogP contribution in [-0.4, -0.2) is 37.8 Å². The third-order valence-electron chi connectivity index (χ3n) is 5.74. The van der Waals surface area contributed by atoms with E-state index in [1.54, 1.807) is 30.7 Å². The summed E-state index contributed by atoms with van der Waals surface area (Å²) in [4.78, 5) is 26.7. The number of pyridine rings is 1. The Morgan fingerprint density at radius 2 is 1.79 bits per heavy atom. The number of aromatic amines is 1. The summed E-state index contributed by atoms with van der Waals surface area (Å²) < 4.78 is 1.83. The maximum atomic E-state index is 12.9. The number of halogens is 4. The number of hydrogen-bond donors (Lipinski definition) is 2. The number of nitrogens with one attached hydrogen (secondary N) is 2. The minimum atomic E-state index is -0.208. The molecular weight excluding hydrogens is 520 g/mol. The molecule has 3 aromatic heterocycles. The number of hydrogen-bond acceptors (Lipinski definition) is 6. The Morgan fingerprint density at radius 3 is 2.50 bits per heavy atom. The molecule has 1 aliphatic rings. The van der Waals surface area contributed by atoms with Crippen LogP contribution in [0, 0.1) is 0 Å². The van der Waals surface area contributed by atoms with E-state index >= 15 is 0 Å². The SMILES string of the molecule is Cl.Cl.O=c1[nH]c(NCc2ccc(Cl)c(Cl)c2)nc2cnn(C3CCN(c4ccncc4)CC3)c12. The summed E-state index contributed by atoms with van der Waals surface area (Å²) in [5.41, 5.74) is 2.97. The highest BCUT2D eigenvalue weighted by molar-refractivity contribution is 6.42. The van der Waals surface area contributed by atoms with Crippen LogP contribution in [0.15, 0.2) is 53.7 Å². The van der Waals surface area contributed by atoms with Gasteiger partial charge in [-0.2, -0.15) is 5.10 Å². The van der Waals surface area contributed by atoms with Crippen LogP contribution in [0.5, 0.6) is 0 Å². The quantitative estimate of drug-likeness (QED) is 0.363. The first kappa shape index (κ1) is 26.1. The zero-order chi connectivity index (χ0) is 22.1. The standard InChI is InChI=1S/C22H21Cl2N7O.2ClH/c23-17-2-1-14(11-18(17)24)12-26-22-28-19-13-27-31(20(19)21(32)29-22)16-5-9-30(10-6-16)15-3-7-25-8-4-15;;/h1-4,7-8,11,13,16H,5-6,9-10,12H2,(H2,26,28,29,32);2*1H. The third kappa shape index (κ3) is 5.41. The topological polar surface area (TPSA) is 91.7 Å². The lowest BCUT2D eigenvalue weighted by Crippen LogP contribution is -2.35. The van der Waals surface area contributed by atoms with E-state index in [-0.39, 0.29) is 36.4 Å². The van der Waals surface area contributed by atoms with E-state index in [0.29, 0.717) is 33.6 Å². The van der Waals surface area contributed by atoms with Crippen molar-refractivity contribution in [3.05, 3.63) is 74.9 Å². The van der Waals surface area contributed by atoms with E-state index in [2.05, 4.69) is 30.3 Å². The lowest BCUT2D eigenvalue weighted by molar-refractivity contribution is 0.375. The number of H-pyrrole nitrogens is 1. The van der Waals surface area contributed by atoms with Gasteiger partial charge < -0.3 is 10.2 Å². The molecule has 0 spiro atoms. The molecule has 0 saturated carbocycles. The average Bonchev–Trinajstić information content (AvgIpc) is 3.25. The molecule has 1 aromatic carbocycles. The number of anilines is 2. The van der Waals surface area contributed by atoms with Crippen LogP contribution in [0.3, 0.4) is 0 Å². The number of benzene rings is 1. The minimum Gasteiger partial charge on any atom is -0.371 e. The largest absolute Gasteiger partial charge is 0.371 e. The molecular formula is C22H23Cl4N7O. The zero-order valence-corrected chi connectivity index (χ0v) is 21.1. The summed E-state index contributed by atoms with van der Waals surface area (Å²) in [5.74, 6) is 0.389. The average molecular weight is 543 g/mol. The predicted octanol–water partition coefficient (Wildman–Crippen LogP) is 5.12. The van der Waals surface area contributed by atoms with Gasteiger partial charge in [0.05, 0.1) is 22.3 Å². The van der Waals surface area contributed by atoms with Crippen LogP contribution in [0.1, 0.15) is 24.4 Å². The van der Waals surface area contributed by atoms with Gasteiger partial charge in [0.15, 0.2) is 5.52 Å². The number of piperidine rings is 1. The van der Waals surface area contributed by atoms with Crippen molar-refractivity contribution in [3.63, 3.8) is 0 Å². The van der Waals surface area contributed by atoms with Crippen molar-refractivity contribution in [3.8, 4) is 0 Å². The van der Waals surface area contributed by atoms with Crippen molar-refractivity contribution in [2.45, 2.75) is 25.4 Å². The van der Waals surface area contributed by atoms with Gasteiger partial charge in [-0.15, -0.1) is 24.8 Å². The molecule has 0 radical (unpaired) electrons. The minimum absolute atomic E-state index is 0. The molecule has 0 unspecified atom stereocenters.